The Bertz CT molecular complexity index is 1670. The van der Waals surface area contributed by atoms with Gasteiger partial charge in [0.25, 0.3) is 0 Å². The molecule has 0 aliphatic heterocycles. The van der Waals surface area contributed by atoms with Crippen molar-refractivity contribution in [1.29, 1.82) is 0 Å². The van der Waals surface area contributed by atoms with Gasteiger partial charge >= 0.3 is 6.18 Å². The van der Waals surface area contributed by atoms with E-state index in [1.807, 2.05) is 0 Å². The Morgan fingerprint density at radius 2 is 1.37 bits per heavy atom. The summed E-state index contributed by atoms with van der Waals surface area (Å²) < 4.78 is 110. The minimum Gasteiger partial charge on any atom is -0.206 e. The van der Waals surface area contributed by atoms with Crippen molar-refractivity contribution >= 4 is 21.5 Å². The maximum atomic E-state index is 15.1. The third kappa shape index (κ3) is 5.75. The lowest BCUT2D eigenvalue weighted by atomic mass is 9.99. The molecule has 0 bridgehead atoms. The molecule has 0 N–H and O–H groups in total. The normalized spacial score (nSPS) is 11.3. The molecular formula is C30H18F8. The summed E-state index contributed by atoms with van der Waals surface area (Å²) in [4.78, 5) is 0. The second-order valence-corrected chi connectivity index (χ2v) is 8.66. The lowest BCUT2D eigenvalue weighted by Gasteiger charge is -2.07. The highest BCUT2D eigenvalue weighted by Gasteiger charge is 2.24. The van der Waals surface area contributed by atoms with Gasteiger partial charge in [-0.1, -0.05) is 55.7 Å². The fraction of sp³-hybridized carbons (Fsp3) is 0.200. The van der Waals surface area contributed by atoms with Crippen LogP contribution in [0.2, 0.25) is 0 Å². The molecular weight excluding hydrogens is 512 g/mol. The van der Waals surface area contributed by atoms with Crippen LogP contribution in [-0.2, 0) is 6.42 Å². The zero-order valence-electron chi connectivity index (χ0n) is 19.9. The summed E-state index contributed by atoms with van der Waals surface area (Å²) >= 11 is 0. The Morgan fingerprint density at radius 3 is 2.05 bits per heavy atom. The number of rotatable bonds is 4. The van der Waals surface area contributed by atoms with Crippen LogP contribution in [-0.4, -0.2) is 6.18 Å². The van der Waals surface area contributed by atoms with E-state index in [1.54, 1.807) is 12.1 Å². The van der Waals surface area contributed by atoms with E-state index in [-0.39, 0.29) is 16.3 Å². The van der Waals surface area contributed by atoms with Crippen LogP contribution in [0, 0.1) is 52.8 Å². The maximum Gasteiger partial charge on any atom is 0.458 e. The molecule has 0 fully saturated rings. The standard InChI is InChI=1S/C30H18F8/c1-2-3-4-5-17-6-8-21-19(12-17)15-24(31)22(28(21)34)9-7-18-13-20-16-25(32)23(10-11-30(36,37)38)29(35)27(20)26(33)14-18/h6,8,12-16H,2-5H2,1H3. The van der Waals surface area contributed by atoms with Gasteiger partial charge < -0.3 is 0 Å². The first-order valence-corrected chi connectivity index (χ1v) is 11.6. The van der Waals surface area contributed by atoms with Crippen LogP contribution in [0.3, 0.4) is 0 Å². The van der Waals surface area contributed by atoms with E-state index in [4.69, 9.17) is 0 Å². The van der Waals surface area contributed by atoms with Crippen molar-refractivity contribution in [3.8, 4) is 23.7 Å². The molecule has 0 saturated heterocycles. The number of fused-ring (bicyclic) bond motifs is 2. The molecule has 4 aromatic rings. The fourth-order valence-corrected chi connectivity index (χ4v) is 4.10. The summed E-state index contributed by atoms with van der Waals surface area (Å²) in [7, 11) is 0. The molecule has 0 atom stereocenters. The molecule has 0 spiro atoms. The Labute approximate surface area is 213 Å². The number of hydrogen-bond donors (Lipinski definition) is 0. The van der Waals surface area contributed by atoms with Crippen molar-refractivity contribution in [2.45, 2.75) is 38.8 Å². The van der Waals surface area contributed by atoms with E-state index < -0.39 is 51.8 Å². The number of hydrogen-bond acceptors (Lipinski definition) is 0. The molecule has 0 nitrogen and oxygen atoms in total. The molecule has 0 unspecified atom stereocenters. The first-order valence-electron chi connectivity index (χ1n) is 11.6. The molecule has 0 aliphatic rings. The molecule has 0 aliphatic carbocycles. The zero-order valence-corrected chi connectivity index (χ0v) is 19.9. The topological polar surface area (TPSA) is 0 Å². The zero-order chi connectivity index (χ0) is 27.6. The highest BCUT2D eigenvalue weighted by Crippen LogP contribution is 2.29. The van der Waals surface area contributed by atoms with Gasteiger partial charge in [0.2, 0.25) is 0 Å². The van der Waals surface area contributed by atoms with Gasteiger partial charge in [0, 0.05) is 16.9 Å². The summed E-state index contributed by atoms with van der Waals surface area (Å²) in [6, 6.07) is 8.56. The van der Waals surface area contributed by atoms with Gasteiger partial charge in [0.15, 0.2) is 5.82 Å². The lowest BCUT2D eigenvalue weighted by Crippen LogP contribution is -2.03. The summed E-state index contributed by atoms with van der Waals surface area (Å²) in [6.07, 6.45) is -1.19. The highest BCUT2D eigenvalue weighted by molar-refractivity contribution is 5.87. The first-order chi connectivity index (χ1) is 18.0. The third-order valence-corrected chi connectivity index (χ3v) is 5.90. The van der Waals surface area contributed by atoms with Crippen molar-refractivity contribution in [3.05, 3.63) is 93.8 Å². The minimum atomic E-state index is -5.00. The van der Waals surface area contributed by atoms with Gasteiger partial charge in [-0.2, -0.15) is 13.2 Å². The van der Waals surface area contributed by atoms with E-state index in [9.17, 15) is 30.7 Å². The Kier molecular flexibility index (Phi) is 7.64. The Balaban J connectivity index is 1.73. The Morgan fingerprint density at radius 1 is 0.684 bits per heavy atom. The summed E-state index contributed by atoms with van der Waals surface area (Å²) in [5, 5.41) is -0.624. The second-order valence-electron chi connectivity index (χ2n) is 8.66. The van der Waals surface area contributed by atoms with E-state index in [2.05, 4.69) is 18.8 Å². The van der Waals surface area contributed by atoms with Crippen molar-refractivity contribution in [3.63, 3.8) is 0 Å². The number of unbranched alkanes of at least 4 members (excludes halogenated alkanes) is 2. The highest BCUT2D eigenvalue weighted by atomic mass is 19.4. The molecule has 38 heavy (non-hydrogen) atoms. The summed E-state index contributed by atoms with van der Waals surface area (Å²) in [6.45, 7) is 2.07. The smallest absolute Gasteiger partial charge is 0.206 e. The van der Waals surface area contributed by atoms with Gasteiger partial charge in [0.05, 0.1) is 16.5 Å². The SMILES string of the molecule is CCCCCc1ccc2c(F)c(C#Cc3cc(F)c4c(F)c(C#CC(F)(F)F)c(F)cc4c3)c(F)cc2c1. The fourth-order valence-electron chi connectivity index (χ4n) is 4.10. The van der Waals surface area contributed by atoms with E-state index in [1.165, 1.54) is 12.0 Å². The van der Waals surface area contributed by atoms with Gasteiger partial charge in [0.1, 0.15) is 23.3 Å². The number of halogens is 8. The molecule has 0 heterocycles. The van der Waals surface area contributed by atoms with Crippen LogP contribution >= 0.6 is 0 Å². The molecule has 0 saturated carbocycles. The van der Waals surface area contributed by atoms with Crippen molar-refractivity contribution in [2.75, 3.05) is 0 Å². The predicted molar refractivity (Wildman–Crippen MR) is 130 cm³/mol. The summed E-state index contributed by atoms with van der Waals surface area (Å²) in [5.74, 6) is 0.668. The van der Waals surface area contributed by atoms with E-state index >= 15 is 4.39 Å². The van der Waals surface area contributed by atoms with Crippen LogP contribution in [0.25, 0.3) is 21.5 Å². The summed E-state index contributed by atoms with van der Waals surface area (Å²) in [5.41, 5.74) is -1.01. The van der Waals surface area contributed by atoms with E-state index in [0.29, 0.717) is 11.5 Å². The number of aryl methyl sites for hydroxylation is 1. The number of alkyl halides is 3. The second kappa shape index (κ2) is 10.8. The van der Waals surface area contributed by atoms with Crippen LogP contribution in [0.15, 0.2) is 42.5 Å². The van der Waals surface area contributed by atoms with Gasteiger partial charge in [-0.15, -0.1) is 0 Å². The quantitative estimate of drug-likeness (QED) is 0.141. The lowest BCUT2D eigenvalue weighted by molar-refractivity contribution is -0.0696. The third-order valence-electron chi connectivity index (χ3n) is 5.90. The predicted octanol–water partition coefficient (Wildman–Crippen LogP) is 8.73. The van der Waals surface area contributed by atoms with Gasteiger partial charge in [-0.3, -0.25) is 0 Å². The van der Waals surface area contributed by atoms with Gasteiger partial charge in [-0.05, 0) is 53.4 Å². The molecule has 0 aromatic heterocycles. The largest absolute Gasteiger partial charge is 0.458 e. The average molecular weight is 530 g/mol. The van der Waals surface area contributed by atoms with Gasteiger partial charge in [-0.25, -0.2) is 22.0 Å². The monoisotopic (exact) mass is 530 g/mol. The Hall–Kier alpha value is -4.04. The molecule has 8 heteroatoms. The van der Waals surface area contributed by atoms with Crippen molar-refractivity contribution in [2.24, 2.45) is 0 Å². The first kappa shape index (κ1) is 27.0. The van der Waals surface area contributed by atoms with E-state index in [0.717, 1.165) is 55.4 Å². The van der Waals surface area contributed by atoms with Crippen LogP contribution in [0.5, 0.6) is 0 Å². The molecule has 0 radical (unpaired) electrons. The molecule has 4 aromatic carbocycles. The average Bonchev–Trinajstić information content (AvgIpc) is 2.82. The van der Waals surface area contributed by atoms with Crippen LogP contribution < -0.4 is 0 Å². The van der Waals surface area contributed by atoms with Crippen molar-refractivity contribution in [1.82, 2.24) is 0 Å². The molecule has 194 valence electrons. The minimum absolute atomic E-state index is 0.149. The molecule has 0 amide bonds. The van der Waals surface area contributed by atoms with Crippen LogP contribution in [0.1, 0.15) is 48.4 Å². The van der Waals surface area contributed by atoms with Crippen molar-refractivity contribution < 1.29 is 35.1 Å². The number of benzene rings is 4. The maximum absolute atomic E-state index is 15.1. The van der Waals surface area contributed by atoms with Crippen LogP contribution in [0.4, 0.5) is 35.1 Å². The molecule has 4 rings (SSSR count).